The van der Waals surface area contributed by atoms with E-state index < -0.39 is 15.9 Å². The summed E-state index contributed by atoms with van der Waals surface area (Å²) < 4.78 is 24.6. The third kappa shape index (κ3) is 4.62. The molecule has 2 N–H and O–H groups in total. The first-order chi connectivity index (χ1) is 12.3. The fourth-order valence-electron chi connectivity index (χ4n) is 2.54. The summed E-state index contributed by atoms with van der Waals surface area (Å²) in [6, 6.07) is 11.9. The van der Waals surface area contributed by atoms with Gasteiger partial charge in [0.25, 0.3) is 15.9 Å². The largest absolute Gasteiger partial charge is 0.372 e. The molecule has 0 unspecified atom stereocenters. The zero-order valence-electron chi connectivity index (χ0n) is 15.5. The number of hydrogen-bond acceptors (Lipinski definition) is 4. The van der Waals surface area contributed by atoms with Gasteiger partial charge in [0.05, 0.1) is 4.90 Å². The molecule has 0 aliphatic heterocycles. The molecular weight excluding hydrogens is 350 g/mol. The van der Waals surface area contributed by atoms with Gasteiger partial charge in [-0.25, -0.2) is 8.42 Å². The van der Waals surface area contributed by atoms with Crippen molar-refractivity contribution in [3.8, 4) is 0 Å². The van der Waals surface area contributed by atoms with Crippen LogP contribution in [0.1, 0.15) is 35.3 Å². The van der Waals surface area contributed by atoms with E-state index in [9.17, 15) is 13.2 Å². The number of rotatable bonds is 7. The summed E-state index contributed by atoms with van der Waals surface area (Å²) in [4.78, 5) is 16.6. The maximum absolute atomic E-state index is 12.3. The van der Waals surface area contributed by atoms with Crippen LogP contribution in [0, 0.1) is 13.8 Å². The number of anilines is 1. The molecule has 1 amide bonds. The molecule has 0 aliphatic carbocycles. The maximum Gasteiger partial charge on any atom is 0.266 e. The fraction of sp³-hybridized carbons (Fsp3) is 0.316. The Labute approximate surface area is 155 Å². The van der Waals surface area contributed by atoms with Gasteiger partial charge in [-0.05, 0) is 75.2 Å². The van der Waals surface area contributed by atoms with Crippen LogP contribution in [-0.2, 0) is 10.0 Å². The Balaban J connectivity index is 2.06. The fourth-order valence-corrected chi connectivity index (χ4v) is 3.46. The molecular formula is C19H25N3O3S. The predicted octanol–water partition coefficient (Wildman–Crippen LogP) is 2.77. The van der Waals surface area contributed by atoms with E-state index in [0.717, 1.165) is 29.9 Å². The second kappa shape index (κ2) is 8.33. The number of nitrogens with one attached hydrogen (secondary N) is 2. The minimum atomic E-state index is -3.82. The molecule has 2 aromatic carbocycles. The summed E-state index contributed by atoms with van der Waals surface area (Å²) >= 11 is 0. The van der Waals surface area contributed by atoms with E-state index in [1.807, 2.05) is 26.0 Å². The van der Waals surface area contributed by atoms with Crippen LogP contribution in [0.15, 0.2) is 47.4 Å². The number of nitrogens with zero attached hydrogens (tertiary/aromatic N) is 1. The predicted molar refractivity (Wildman–Crippen MR) is 104 cm³/mol. The Hall–Kier alpha value is -2.38. The zero-order valence-corrected chi connectivity index (χ0v) is 16.4. The van der Waals surface area contributed by atoms with Crippen molar-refractivity contribution in [1.29, 1.82) is 0 Å². The molecule has 0 heterocycles. The summed E-state index contributed by atoms with van der Waals surface area (Å²) in [6.45, 7) is 9.61. The third-order valence-electron chi connectivity index (χ3n) is 4.35. The standard InChI is InChI=1S/C19H25N3O3S/c1-5-22(6-2)17-10-8-16(9-11-17)19(23)20-21-26(24,25)18-12-7-14(3)15(4)13-18/h7-13,21H,5-6H2,1-4H3,(H,20,23). The number of benzene rings is 2. The number of carbonyl (C=O) groups excluding carboxylic acids is 1. The summed E-state index contributed by atoms with van der Waals surface area (Å²) in [5.74, 6) is -0.511. The number of hydrazine groups is 1. The maximum atomic E-state index is 12.3. The van der Waals surface area contributed by atoms with E-state index in [-0.39, 0.29) is 4.90 Å². The van der Waals surface area contributed by atoms with Crippen LogP contribution in [0.2, 0.25) is 0 Å². The number of sulfonamides is 1. The highest BCUT2D eigenvalue weighted by Gasteiger charge is 2.16. The Morgan fingerprint density at radius 2 is 1.58 bits per heavy atom. The molecule has 26 heavy (non-hydrogen) atoms. The summed E-state index contributed by atoms with van der Waals surface area (Å²) in [7, 11) is -3.82. The van der Waals surface area contributed by atoms with Crippen molar-refractivity contribution in [3.05, 3.63) is 59.2 Å². The first kappa shape index (κ1) is 19.9. The first-order valence-corrected chi connectivity index (χ1v) is 10.0. The molecule has 0 bridgehead atoms. The number of amides is 1. The highest BCUT2D eigenvalue weighted by atomic mass is 32.2. The highest BCUT2D eigenvalue weighted by Crippen LogP contribution is 2.16. The van der Waals surface area contributed by atoms with Crippen LogP contribution >= 0.6 is 0 Å². The van der Waals surface area contributed by atoms with E-state index in [0.29, 0.717) is 5.56 Å². The minimum Gasteiger partial charge on any atom is -0.372 e. The summed E-state index contributed by atoms with van der Waals surface area (Å²) in [5.41, 5.74) is 5.52. The minimum absolute atomic E-state index is 0.109. The van der Waals surface area contributed by atoms with E-state index in [4.69, 9.17) is 0 Å². The Kier molecular flexibility index (Phi) is 6.39. The number of carbonyl (C=O) groups is 1. The van der Waals surface area contributed by atoms with Crippen LogP contribution in [0.5, 0.6) is 0 Å². The molecule has 0 atom stereocenters. The van der Waals surface area contributed by atoms with Gasteiger partial charge in [-0.15, -0.1) is 4.83 Å². The lowest BCUT2D eigenvalue weighted by Gasteiger charge is -2.21. The lowest BCUT2D eigenvalue weighted by Crippen LogP contribution is -2.41. The van der Waals surface area contributed by atoms with Gasteiger partial charge in [0, 0.05) is 24.3 Å². The first-order valence-electron chi connectivity index (χ1n) is 8.53. The Morgan fingerprint density at radius 1 is 0.962 bits per heavy atom. The van der Waals surface area contributed by atoms with Crippen LogP contribution in [-0.4, -0.2) is 27.4 Å². The van der Waals surface area contributed by atoms with Gasteiger partial charge in [0.2, 0.25) is 0 Å². The van der Waals surface area contributed by atoms with Crippen molar-refractivity contribution >= 4 is 21.6 Å². The van der Waals surface area contributed by atoms with Gasteiger partial charge in [0.1, 0.15) is 0 Å². The smallest absolute Gasteiger partial charge is 0.266 e. The average molecular weight is 375 g/mol. The van der Waals surface area contributed by atoms with Gasteiger partial charge in [0.15, 0.2) is 0 Å². The normalized spacial score (nSPS) is 11.2. The van der Waals surface area contributed by atoms with Crippen molar-refractivity contribution in [3.63, 3.8) is 0 Å². The van der Waals surface area contributed by atoms with Crippen LogP contribution in [0.3, 0.4) is 0 Å². The van der Waals surface area contributed by atoms with Gasteiger partial charge < -0.3 is 4.90 Å². The van der Waals surface area contributed by atoms with Crippen molar-refractivity contribution in [2.24, 2.45) is 0 Å². The van der Waals surface area contributed by atoms with Crippen LogP contribution in [0.25, 0.3) is 0 Å². The van der Waals surface area contributed by atoms with Gasteiger partial charge >= 0.3 is 0 Å². The lowest BCUT2D eigenvalue weighted by atomic mass is 10.1. The summed E-state index contributed by atoms with van der Waals surface area (Å²) in [6.07, 6.45) is 0. The molecule has 0 saturated heterocycles. The molecule has 0 aliphatic rings. The summed E-state index contributed by atoms with van der Waals surface area (Å²) in [5, 5.41) is 0. The monoisotopic (exact) mass is 375 g/mol. The van der Waals surface area contributed by atoms with Gasteiger partial charge in [-0.1, -0.05) is 6.07 Å². The van der Waals surface area contributed by atoms with Gasteiger partial charge in [-0.2, -0.15) is 0 Å². The lowest BCUT2D eigenvalue weighted by molar-refractivity contribution is 0.0945. The molecule has 2 rings (SSSR count). The van der Waals surface area contributed by atoms with E-state index >= 15 is 0 Å². The number of hydrogen-bond donors (Lipinski definition) is 2. The highest BCUT2D eigenvalue weighted by molar-refractivity contribution is 7.89. The Morgan fingerprint density at radius 3 is 2.12 bits per heavy atom. The molecule has 0 saturated carbocycles. The molecule has 6 nitrogen and oxygen atoms in total. The van der Waals surface area contributed by atoms with Crippen molar-refractivity contribution < 1.29 is 13.2 Å². The number of aryl methyl sites for hydroxylation is 2. The molecule has 0 radical (unpaired) electrons. The average Bonchev–Trinajstić information content (AvgIpc) is 2.63. The van der Waals surface area contributed by atoms with E-state index in [1.165, 1.54) is 6.07 Å². The SMILES string of the molecule is CCN(CC)c1ccc(C(=O)NNS(=O)(=O)c2ccc(C)c(C)c2)cc1. The van der Waals surface area contributed by atoms with Gasteiger partial charge in [-0.3, -0.25) is 10.2 Å². The van der Waals surface area contributed by atoms with Crippen molar-refractivity contribution in [2.45, 2.75) is 32.6 Å². The topological polar surface area (TPSA) is 78.5 Å². The van der Waals surface area contributed by atoms with Crippen LogP contribution in [0.4, 0.5) is 5.69 Å². The molecule has 2 aromatic rings. The quantitative estimate of drug-likeness (QED) is 0.730. The molecule has 140 valence electrons. The zero-order chi connectivity index (χ0) is 19.3. The van der Waals surface area contributed by atoms with Crippen LogP contribution < -0.4 is 15.2 Å². The molecule has 0 fully saturated rings. The van der Waals surface area contributed by atoms with E-state index in [1.54, 1.807) is 24.3 Å². The molecule has 7 heteroatoms. The second-order valence-corrected chi connectivity index (χ2v) is 7.71. The molecule has 0 spiro atoms. The Bertz CT molecular complexity index is 873. The van der Waals surface area contributed by atoms with Crippen molar-refractivity contribution in [1.82, 2.24) is 10.3 Å². The third-order valence-corrected chi connectivity index (χ3v) is 5.59. The van der Waals surface area contributed by atoms with E-state index in [2.05, 4.69) is 29.0 Å². The molecule has 0 aromatic heterocycles. The second-order valence-electron chi connectivity index (χ2n) is 6.02. The van der Waals surface area contributed by atoms with Crippen molar-refractivity contribution in [2.75, 3.05) is 18.0 Å².